The maximum atomic E-state index is 5.73. The minimum absolute atomic E-state index is 0.641. The number of fused-ring (bicyclic) bond motifs is 2. The molecule has 0 N–H and O–H groups in total. The average molecular weight is 198 g/mol. The monoisotopic (exact) mass is 198 g/mol. The minimum atomic E-state index is 0.641. The standard InChI is InChI=1S/C12H10N2O/c1-2-4-11-9(3-1)5-6-10-7-8-13-14-12(10)15-11/h1-4,7-8H,5-6H2. The number of para-hydroxylation sites is 1. The van der Waals surface area contributed by atoms with Gasteiger partial charge in [-0.05, 0) is 30.5 Å². The molecule has 1 aromatic carbocycles. The van der Waals surface area contributed by atoms with Gasteiger partial charge in [-0.25, -0.2) is 0 Å². The van der Waals surface area contributed by atoms with Crippen molar-refractivity contribution in [1.82, 2.24) is 10.2 Å². The number of benzene rings is 1. The third kappa shape index (κ3) is 1.46. The van der Waals surface area contributed by atoms with Crippen LogP contribution in [0.5, 0.6) is 11.6 Å². The summed E-state index contributed by atoms with van der Waals surface area (Å²) in [5.74, 6) is 1.54. The molecule has 0 spiro atoms. The summed E-state index contributed by atoms with van der Waals surface area (Å²) in [5, 5.41) is 7.84. The smallest absolute Gasteiger partial charge is 0.242 e. The van der Waals surface area contributed by atoms with Crippen molar-refractivity contribution in [1.29, 1.82) is 0 Å². The molecular weight excluding hydrogens is 188 g/mol. The van der Waals surface area contributed by atoms with Crippen molar-refractivity contribution in [3.05, 3.63) is 47.7 Å². The normalized spacial score (nSPS) is 13.3. The van der Waals surface area contributed by atoms with Gasteiger partial charge < -0.3 is 4.74 Å². The summed E-state index contributed by atoms with van der Waals surface area (Å²) in [6, 6.07) is 10.0. The van der Waals surface area contributed by atoms with Crippen molar-refractivity contribution < 1.29 is 4.74 Å². The van der Waals surface area contributed by atoms with E-state index in [1.165, 1.54) is 5.56 Å². The van der Waals surface area contributed by atoms with Crippen LogP contribution in [0.2, 0.25) is 0 Å². The van der Waals surface area contributed by atoms with Crippen LogP contribution >= 0.6 is 0 Å². The molecule has 1 aromatic heterocycles. The maximum absolute atomic E-state index is 5.73. The quantitative estimate of drug-likeness (QED) is 0.651. The van der Waals surface area contributed by atoms with E-state index in [-0.39, 0.29) is 0 Å². The minimum Gasteiger partial charge on any atom is -0.437 e. The molecule has 15 heavy (non-hydrogen) atoms. The van der Waals surface area contributed by atoms with Crippen molar-refractivity contribution in [3.8, 4) is 11.6 Å². The van der Waals surface area contributed by atoms with Gasteiger partial charge in [0.2, 0.25) is 5.88 Å². The van der Waals surface area contributed by atoms with Gasteiger partial charge in [0.1, 0.15) is 5.75 Å². The van der Waals surface area contributed by atoms with Crippen molar-refractivity contribution in [2.45, 2.75) is 12.8 Å². The first-order chi connectivity index (χ1) is 7.43. The third-order valence-corrected chi connectivity index (χ3v) is 2.61. The lowest BCUT2D eigenvalue weighted by Gasteiger charge is -2.05. The number of ether oxygens (including phenoxy) is 1. The lowest BCUT2D eigenvalue weighted by molar-refractivity contribution is 0.451. The molecule has 0 saturated carbocycles. The number of hydrogen-bond donors (Lipinski definition) is 0. The molecule has 1 aliphatic heterocycles. The average Bonchev–Trinajstić information content (AvgIpc) is 2.48. The van der Waals surface area contributed by atoms with Gasteiger partial charge in [-0.2, -0.15) is 5.10 Å². The Labute approximate surface area is 87.7 Å². The summed E-state index contributed by atoms with van der Waals surface area (Å²) >= 11 is 0. The van der Waals surface area contributed by atoms with E-state index in [0.717, 1.165) is 24.2 Å². The molecule has 0 fully saturated rings. The van der Waals surface area contributed by atoms with E-state index < -0.39 is 0 Å². The third-order valence-electron chi connectivity index (χ3n) is 2.61. The topological polar surface area (TPSA) is 35.0 Å². The second-order valence-corrected chi connectivity index (χ2v) is 3.57. The largest absolute Gasteiger partial charge is 0.437 e. The Morgan fingerprint density at radius 2 is 1.87 bits per heavy atom. The number of hydrogen-bond acceptors (Lipinski definition) is 3. The van der Waals surface area contributed by atoms with Crippen LogP contribution in [-0.2, 0) is 12.8 Å². The summed E-state index contributed by atoms with van der Waals surface area (Å²) in [4.78, 5) is 0. The molecule has 3 rings (SSSR count). The van der Waals surface area contributed by atoms with E-state index in [1.54, 1.807) is 6.20 Å². The first kappa shape index (κ1) is 8.41. The Hall–Kier alpha value is -1.90. The molecule has 3 heteroatoms. The molecule has 3 nitrogen and oxygen atoms in total. The fourth-order valence-corrected chi connectivity index (χ4v) is 1.80. The maximum Gasteiger partial charge on any atom is 0.242 e. The van der Waals surface area contributed by atoms with Crippen molar-refractivity contribution >= 4 is 0 Å². The van der Waals surface area contributed by atoms with Gasteiger partial charge in [0.25, 0.3) is 0 Å². The summed E-state index contributed by atoms with van der Waals surface area (Å²) in [7, 11) is 0. The molecule has 0 amide bonds. The second kappa shape index (κ2) is 3.35. The zero-order valence-electron chi connectivity index (χ0n) is 8.18. The van der Waals surface area contributed by atoms with Crippen LogP contribution in [0.1, 0.15) is 11.1 Å². The zero-order valence-corrected chi connectivity index (χ0v) is 8.18. The molecule has 74 valence electrons. The summed E-state index contributed by atoms with van der Waals surface area (Å²) in [5.41, 5.74) is 2.36. The van der Waals surface area contributed by atoms with Gasteiger partial charge in [0.15, 0.2) is 0 Å². The van der Waals surface area contributed by atoms with Crippen LogP contribution in [0.4, 0.5) is 0 Å². The highest BCUT2D eigenvalue weighted by Gasteiger charge is 2.14. The molecule has 2 aromatic rings. The summed E-state index contributed by atoms with van der Waals surface area (Å²) in [6.45, 7) is 0. The van der Waals surface area contributed by atoms with Crippen LogP contribution in [0.3, 0.4) is 0 Å². The van der Waals surface area contributed by atoms with Crippen LogP contribution in [0, 0.1) is 0 Å². The molecule has 0 unspecified atom stereocenters. The van der Waals surface area contributed by atoms with Crippen molar-refractivity contribution in [2.24, 2.45) is 0 Å². The molecular formula is C12H10N2O. The predicted molar refractivity (Wildman–Crippen MR) is 56.0 cm³/mol. The molecule has 0 atom stereocenters. The van der Waals surface area contributed by atoms with Gasteiger partial charge in [-0.1, -0.05) is 18.2 Å². The molecule has 1 aliphatic rings. The number of aromatic nitrogens is 2. The SMILES string of the molecule is c1ccc2c(c1)CCc1ccnnc1O2. The Bertz CT molecular complexity index is 451. The van der Waals surface area contributed by atoms with E-state index in [1.807, 2.05) is 24.3 Å². The lowest BCUT2D eigenvalue weighted by Crippen LogP contribution is -1.93. The highest BCUT2D eigenvalue weighted by molar-refractivity contribution is 5.41. The summed E-state index contributed by atoms with van der Waals surface area (Å²) in [6.07, 6.45) is 3.66. The highest BCUT2D eigenvalue weighted by atomic mass is 16.5. The molecule has 0 radical (unpaired) electrons. The number of nitrogens with zero attached hydrogens (tertiary/aromatic N) is 2. The fraction of sp³-hybridized carbons (Fsp3) is 0.167. The Morgan fingerprint density at radius 1 is 1.00 bits per heavy atom. The van der Waals surface area contributed by atoms with E-state index in [4.69, 9.17) is 4.74 Å². The Kier molecular flexibility index (Phi) is 1.88. The van der Waals surface area contributed by atoms with E-state index >= 15 is 0 Å². The first-order valence-corrected chi connectivity index (χ1v) is 5.00. The molecule has 0 aliphatic carbocycles. The number of rotatable bonds is 0. The van der Waals surface area contributed by atoms with E-state index in [0.29, 0.717) is 5.88 Å². The molecule has 0 saturated heterocycles. The van der Waals surface area contributed by atoms with Crippen LogP contribution in [0.15, 0.2) is 36.5 Å². The Morgan fingerprint density at radius 3 is 2.87 bits per heavy atom. The molecule has 2 heterocycles. The fourth-order valence-electron chi connectivity index (χ4n) is 1.80. The zero-order chi connectivity index (χ0) is 10.1. The van der Waals surface area contributed by atoms with Gasteiger partial charge >= 0.3 is 0 Å². The van der Waals surface area contributed by atoms with Crippen molar-refractivity contribution in [2.75, 3.05) is 0 Å². The second-order valence-electron chi connectivity index (χ2n) is 3.57. The highest BCUT2D eigenvalue weighted by Crippen LogP contribution is 2.30. The van der Waals surface area contributed by atoms with Gasteiger partial charge in [-0.3, -0.25) is 0 Å². The van der Waals surface area contributed by atoms with Crippen LogP contribution < -0.4 is 4.74 Å². The van der Waals surface area contributed by atoms with Crippen molar-refractivity contribution in [3.63, 3.8) is 0 Å². The first-order valence-electron chi connectivity index (χ1n) is 5.00. The van der Waals surface area contributed by atoms with Gasteiger partial charge in [0, 0.05) is 5.56 Å². The number of aryl methyl sites for hydroxylation is 2. The lowest BCUT2D eigenvalue weighted by atomic mass is 10.1. The van der Waals surface area contributed by atoms with Gasteiger partial charge in [-0.15, -0.1) is 5.10 Å². The predicted octanol–water partition coefficient (Wildman–Crippen LogP) is 2.37. The van der Waals surface area contributed by atoms with E-state index in [9.17, 15) is 0 Å². The Balaban J connectivity index is 2.10. The van der Waals surface area contributed by atoms with E-state index in [2.05, 4.69) is 16.3 Å². The van der Waals surface area contributed by atoms with Gasteiger partial charge in [0.05, 0.1) is 6.20 Å². The summed E-state index contributed by atoms with van der Waals surface area (Å²) < 4.78 is 5.73. The molecule has 0 bridgehead atoms. The van der Waals surface area contributed by atoms with Crippen LogP contribution in [-0.4, -0.2) is 10.2 Å². The van der Waals surface area contributed by atoms with Crippen LogP contribution in [0.25, 0.3) is 0 Å².